The minimum absolute atomic E-state index is 0.0553. The van der Waals surface area contributed by atoms with E-state index < -0.39 is 0 Å². The number of amides is 2. The van der Waals surface area contributed by atoms with Gasteiger partial charge in [0.05, 0.1) is 19.8 Å². The molecule has 0 saturated carbocycles. The fraction of sp³-hybridized carbons (Fsp3) is 0.364. The standard InChI is InChI=1S/C22H28N2O4/c1-4-27-19-10-9-17(14-20(19)28-5-2)11-12-23-21(25)15-24-22(26)18-8-6-7-16(3)13-18/h6-10,13-14H,4-5,11-12,15H2,1-3H3,(H,23,25)(H,24,26). The third-order valence-corrected chi connectivity index (χ3v) is 4.03. The summed E-state index contributed by atoms with van der Waals surface area (Å²) in [5, 5.41) is 5.45. The van der Waals surface area contributed by atoms with Crippen molar-refractivity contribution in [3.8, 4) is 11.5 Å². The first-order chi connectivity index (χ1) is 13.5. The Morgan fingerprint density at radius 3 is 2.39 bits per heavy atom. The predicted octanol–water partition coefficient (Wildman–Crippen LogP) is 2.88. The van der Waals surface area contributed by atoms with E-state index in [4.69, 9.17) is 9.47 Å². The molecular formula is C22H28N2O4. The number of hydrogen-bond donors (Lipinski definition) is 2. The number of benzene rings is 2. The van der Waals surface area contributed by atoms with Gasteiger partial charge in [-0.3, -0.25) is 9.59 Å². The van der Waals surface area contributed by atoms with Crippen LogP contribution in [0.4, 0.5) is 0 Å². The molecule has 2 N–H and O–H groups in total. The molecule has 0 aliphatic carbocycles. The second-order valence-electron chi connectivity index (χ2n) is 6.30. The van der Waals surface area contributed by atoms with Crippen LogP contribution in [0.5, 0.6) is 11.5 Å². The average Bonchev–Trinajstić information content (AvgIpc) is 2.68. The molecular weight excluding hydrogens is 356 g/mol. The Morgan fingerprint density at radius 1 is 0.929 bits per heavy atom. The van der Waals surface area contributed by atoms with E-state index in [0.29, 0.717) is 37.5 Å². The van der Waals surface area contributed by atoms with Crippen molar-refractivity contribution in [1.82, 2.24) is 10.6 Å². The number of ether oxygens (including phenoxy) is 2. The van der Waals surface area contributed by atoms with E-state index in [9.17, 15) is 9.59 Å². The molecule has 0 aromatic heterocycles. The highest BCUT2D eigenvalue weighted by atomic mass is 16.5. The summed E-state index contributed by atoms with van der Waals surface area (Å²) < 4.78 is 11.2. The molecule has 28 heavy (non-hydrogen) atoms. The van der Waals surface area contributed by atoms with Crippen LogP contribution in [0.15, 0.2) is 42.5 Å². The lowest BCUT2D eigenvalue weighted by atomic mass is 10.1. The topological polar surface area (TPSA) is 76.7 Å². The Hall–Kier alpha value is -3.02. The molecule has 6 nitrogen and oxygen atoms in total. The van der Waals surface area contributed by atoms with Gasteiger partial charge in [-0.2, -0.15) is 0 Å². The monoisotopic (exact) mass is 384 g/mol. The Bertz CT molecular complexity index is 805. The molecule has 2 rings (SSSR count). The third-order valence-electron chi connectivity index (χ3n) is 4.03. The van der Waals surface area contributed by atoms with Gasteiger partial charge in [-0.1, -0.05) is 23.8 Å². The average molecular weight is 384 g/mol. The van der Waals surface area contributed by atoms with Gasteiger partial charge < -0.3 is 20.1 Å². The predicted molar refractivity (Wildman–Crippen MR) is 109 cm³/mol. The van der Waals surface area contributed by atoms with E-state index in [-0.39, 0.29) is 18.4 Å². The van der Waals surface area contributed by atoms with E-state index in [1.165, 1.54) is 0 Å². The summed E-state index contributed by atoms with van der Waals surface area (Å²) in [6.45, 7) is 7.32. The van der Waals surface area contributed by atoms with Crippen molar-refractivity contribution in [3.05, 3.63) is 59.2 Å². The third kappa shape index (κ3) is 6.61. The van der Waals surface area contributed by atoms with Crippen LogP contribution in [0.2, 0.25) is 0 Å². The van der Waals surface area contributed by atoms with E-state index >= 15 is 0 Å². The number of rotatable bonds is 10. The van der Waals surface area contributed by atoms with Gasteiger partial charge in [0.25, 0.3) is 5.91 Å². The fourth-order valence-corrected chi connectivity index (χ4v) is 2.71. The summed E-state index contributed by atoms with van der Waals surface area (Å²) in [6, 6.07) is 13.0. The van der Waals surface area contributed by atoms with Crippen LogP contribution >= 0.6 is 0 Å². The highest BCUT2D eigenvalue weighted by Gasteiger charge is 2.09. The van der Waals surface area contributed by atoms with Gasteiger partial charge >= 0.3 is 0 Å². The van der Waals surface area contributed by atoms with Crippen LogP contribution in [0, 0.1) is 6.92 Å². The van der Waals surface area contributed by atoms with Crippen molar-refractivity contribution >= 4 is 11.8 Å². The van der Waals surface area contributed by atoms with Gasteiger partial charge in [-0.05, 0) is 57.0 Å². The second-order valence-corrected chi connectivity index (χ2v) is 6.30. The molecule has 0 atom stereocenters. The lowest BCUT2D eigenvalue weighted by molar-refractivity contribution is -0.120. The Kier molecular flexibility index (Phi) is 8.34. The van der Waals surface area contributed by atoms with Crippen LogP contribution in [0.1, 0.15) is 35.3 Å². The zero-order valence-corrected chi connectivity index (χ0v) is 16.7. The Morgan fingerprint density at radius 2 is 1.68 bits per heavy atom. The van der Waals surface area contributed by atoms with Crippen LogP contribution in [0.25, 0.3) is 0 Å². The smallest absolute Gasteiger partial charge is 0.251 e. The fourth-order valence-electron chi connectivity index (χ4n) is 2.71. The van der Waals surface area contributed by atoms with Crippen LogP contribution in [-0.2, 0) is 11.2 Å². The first kappa shape index (κ1) is 21.3. The lowest BCUT2D eigenvalue weighted by Crippen LogP contribution is -2.37. The molecule has 0 fully saturated rings. The molecule has 0 saturated heterocycles. The summed E-state index contributed by atoms with van der Waals surface area (Å²) in [5.74, 6) is 0.943. The minimum atomic E-state index is -0.258. The molecule has 2 amide bonds. The number of carbonyl (C=O) groups is 2. The molecule has 0 unspecified atom stereocenters. The van der Waals surface area contributed by atoms with Crippen molar-refractivity contribution in [3.63, 3.8) is 0 Å². The molecule has 0 aliphatic rings. The minimum Gasteiger partial charge on any atom is -0.490 e. The largest absolute Gasteiger partial charge is 0.490 e. The first-order valence-electron chi connectivity index (χ1n) is 9.53. The Labute approximate surface area is 166 Å². The summed E-state index contributed by atoms with van der Waals surface area (Å²) in [7, 11) is 0. The quantitative estimate of drug-likeness (QED) is 0.660. The van der Waals surface area contributed by atoms with Gasteiger partial charge in [0.1, 0.15) is 0 Å². The summed E-state index contributed by atoms with van der Waals surface area (Å²) in [4.78, 5) is 24.0. The van der Waals surface area contributed by atoms with Crippen LogP contribution < -0.4 is 20.1 Å². The van der Waals surface area contributed by atoms with Gasteiger partial charge in [0.2, 0.25) is 5.91 Å². The second kappa shape index (κ2) is 11.0. The van der Waals surface area contributed by atoms with E-state index in [1.54, 1.807) is 12.1 Å². The molecule has 2 aromatic carbocycles. The summed E-state index contributed by atoms with van der Waals surface area (Å²) >= 11 is 0. The highest BCUT2D eigenvalue weighted by molar-refractivity contribution is 5.96. The van der Waals surface area contributed by atoms with E-state index in [1.807, 2.05) is 51.1 Å². The molecule has 2 aromatic rings. The zero-order chi connectivity index (χ0) is 20.4. The maximum atomic E-state index is 12.1. The number of aryl methyl sites for hydroxylation is 1. The van der Waals surface area contributed by atoms with Crippen molar-refractivity contribution in [2.45, 2.75) is 27.2 Å². The van der Waals surface area contributed by atoms with E-state index in [0.717, 1.165) is 16.9 Å². The normalized spacial score (nSPS) is 10.2. The number of carbonyl (C=O) groups excluding carboxylic acids is 2. The zero-order valence-electron chi connectivity index (χ0n) is 16.7. The lowest BCUT2D eigenvalue weighted by Gasteiger charge is -2.13. The molecule has 0 spiro atoms. The maximum absolute atomic E-state index is 12.1. The first-order valence-corrected chi connectivity index (χ1v) is 9.53. The highest BCUT2D eigenvalue weighted by Crippen LogP contribution is 2.28. The van der Waals surface area contributed by atoms with Crippen molar-refractivity contribution in [1.29, 1.82) is 0 Å². The molecule has 6 heteroatoms. The molecule has 0 aliphatic heterocycles. The summed E-state index contributed by atoms with van der Waals surface area (Å²) in [6.07, 6.45) is 0.657. The van der Waals surface area contributed by atoms with Gasteiger partial charge in [-0.25, -0.2) is 0 Å². The van der Waals surface area contributed by atoms with Crippen molar-refractivity contribution < 1.29 is 19.1 Å². The van der Waals surface area contributed by atoms with Gasteiger partial charge in [0, 0.05) is 12.1 Å². The van der Waals surface area contributed by atoms with Crippen molar-refractivity contribution in [2.24, 2.45) is 0 Å². The van der Waals surface area contributed by atoms with Gasteiger partial charge in [0.15, 0.2) is 11.5 Å². The van der Waals surface area contributed by atoms with Gasteiger partial charge in [-0.15, -0.1) is 0 Å². The van der Waals surface area contributed by atoms with Crippen LogP contribution in [0.3, 0.4) is 0 Å². The maximum Gasteiger partial charge on any atom is 0.251 e. The Balaban J connectivity index is 1.78. The molecule has 0 heterocycles. The molecule has 0 bridgehead atoms. The van der Waals surface area contributed by atoms with Crippen molar-refractivity contribution in [2.75, 3.05) is 26.3 Å². The number of nitrogens with one attached hydrogen (secondary N) is 2. The van der Waals surface area contributed by atoms with E-state index in [2.05, 4.69) is 10.6 Å². The summed E-state index contributed by atoms with van der Waals surface area (Å²) in [5.41, 5.74) is 2.58. The van der Waals surface area contributed by atoms with Crippen LogP contribution in [-0.4, -0.2) is 38.1 Å². The molecule has 150 valence electrons. The SMILES string of the molecule is CCOc1ccc(CCNC(=O)CNC(=O)c2cccc(C)c2)cc1OCC. The number of hydrogen-bond acceptors (Lipinski definition) is 4. The molecule has 0 radical (unpaired) electrons.